The van der Waals surface area contributed by atoms with Gasteiger partial charge in [0.2, 0.25) is 0 Å². The summed E-state index contributed by atoms with van der Waals surface area (Å²) < 4.78 is 5.08. The van der Waals surface area contributed by atoms with Crippen LogP contribution in [0.25, 0.3) is 10.6 Å². The lowest BCUT2D eigenvalue weighted by molar-refractivity contribution is 0.0638. The molecule has 1 aromatic carbocycles. The number of benzene rings is 1. The molecule has 2 aromatic rings. The Hall–Kier alpha value is -1.43. The second-order valence-electron chi connectivity index (χ2n) is 4.73. The largest absolute Gasteiger partial charge is 0.383 e. The van der Waals surface area contributed by atoms with E-state index >= 15 is 0 Å². The lowest BCUT2D eigenvalue weighted by Crippen LogP contribution is -2.37. The average molecular weight is 325 g/mol. The number of rotatable bonds is 5. The molecule has 1 atom stereocenters. The molecule has 0 saturated heterocycles. The molecule has 0 bridgehead atoms. The van der Waals surface area contributed by atoms with Gasteiger partial charge in [0.05, 0.1) is 23.9 Å². The normalized spacial score (nSPS) is 12.2. The van der Waals surface area contributed by atoms with Crippen molar-refractivity contribution >= 4 is 28.8 Å². The molecule has 2 rings (SSSR count). The highest BCUT2D eigenvalue weighted by molar-refractivity contribution is 7.17. The Balaban J connectivity index is 2.20. The fourth-order valence-electron chi connectivity index (χ4n) is 1.86. The van der Waals surface area contributed by atoms with Gasteiger partial charge in [-0.25, -0.2) is 4.98 Å². The zero-order valence-electron chi connectivity index (χ0n) is 12.2. The maximum atomic E-state index is 12.4. The molecule has 1 aromatic heterocycles. The number of hydrogen-bond acceptors (Lipinski definition) is 4. The lowest BCUT2D eigenvalue weighted by Gasteiger charge is -2.23. The van der Waals surface area contributed by atoms with E-state index in [1.807, 2.05) is 31.2 Å². The van der Waals surface area contributed by atoms with Gasteiger partial charge < -0.3 is 9.64 Å². The molecule has 1 amide bonds. The monoisotopic (exact) mass is 324 g/mol. The number of carbonyl (C=O) groups is 1. The van der Waals surface area contributed by atoms with Gasteiger partial charge in [-0.3, -0.25) is 4.79 Å². The Morgan fingerprint density at radius 1 is 1.48 bits per heavy atom. The number of halogens is 1. The number of likely N-dealkylation sites (N-methyl/N-ethyl adjacent to an activating group) is 1. The summed E-state index contributed by atoms with van der Waals surface area (Å²) in [5.41, 5.74) is 0.843. The molecule has 0 spiro atoms. The van der Waals surface area contributed by atoms with Gasteiger partial charge in [0.1, 0.15) is 9.88 Å². The number of aromatic nitrogens is 1. The van der Waals surface area contributed by atoms with Crippen molar-refractivity contribution in [3.63, 3.8) is 0 Å². The van der Waals surface area contributed by atoms with E-state index in [1.165, 1.54) is 11.3 Å². The molecule has 112 valence electrons. The number of ether oxygens (including phenoxy) is 1. The van der Waals surface area contributed by atoms with Crippen LogP contribution in [0.5, 0.6) is 0 Å². The predicted octanol–water partition coefficient (Wildman–Crippen LogP) is 3.57. The van der Waals surface area contributed by atoms with Gasteiger partial charge >= 0.3 is 0 Å². The zero-order valence-corrected chi connectivity index (χ0v) is 13.7. The molecule has 1 heterocycles. The molecule has 0 unspecified atom stereocenters. The van der Waals surface area contributed by atoms with Crippen LogP contribution < -0.4 is 0 Å². The summed E-state index contributed by atoms with van der Waals surface area (Å²) >= 11 is 7.50. The van der Waals surface area contributed by atoms with Crippen LogP contribution in [0.15, 0.2) is 30.5 Å². The lowest BCUT2D eigenvalue weighted by atomic mass is 10.2. The molecule has 0 aliphatic rings. The number of carbonyl (C=O) groups excluding carboxylic acids is 1. The van der Waals surface area contributed by atoms with Crippen LogP contribution >= 0.6 is 22.9 Å². The summed E-state index contributed by atoms with van der Waals surface area (Å²) in [5, 5.41) is 1.38. The summed E-state index contributed by atoms with van der Waals surface area (Å²) in [6.45, 7) is 2.44. The van der Waals surface area contributed by atoms with E-state index in [0.717, 1.165) is 10.6 Å². The topological polar surface area (TPSA) is 42.4 Å². The van der Waals surface area contributed by atoms with E-state index in [9.17, 15) is 4.79 Å². The fourth-order valence-corrected chi connectivity index (χ4v) is 3.08. The van der Waals surface area contributed by atoms with E-state index in [2.05, 4.69) is 4.98 Å². The van der Waals surface area contributed by atoms with Crippen molar-refractivity contribution in [3.05, 3.63) is 40.4 Å². The standard InChI is InChI=1S/C15H17ClN2O2S/c1-10(9-20-3)18(2)15(19)13-8-17-14(21-13)11-6-4-5-7-12(11)16/h4-8,10H,9H2,1-3H3/t10-/m1/s1. The summed E-state index contributed by atoms with van der Waals surface area (Å²) in [6, 6.07) is 7.48. The maximum Gasteiger partial charge on any atom is 0.265 e. The number of nitrogens with zero attached hydrogens (tertiary/aromatic N) is 2. The van der Waals surface area contributed by atoms with Gasteiger partial charge in [-0.15, -0.1) is 11.3 Å². The van der Waals surface area contributed by atoms with Gasteiger partial charge in [0, 0.05) is 19.7 Å². The highest BCUT2D eigenvalue weighted by Crippen LogP contribution is 2.31. The van der Waals surface area contributed by atoms with Crippen LogP contribution in [0.3, 0.4) is 0 Å². The number of methoxy groups -OCH3 is 1. The summed E-state index contributed by atoms with van der Waals surface area (Å²) in [4.78, 5) is 19.0. The molecule has 0 aliphatic heterocycles. The summed E-state index contributed by atoms with van der Waals surface area (Å²) in [7, 11) is 3.39. The van der Waals surface area contributed by atoms with Crippen LogP contribution in [0.1, 0.15) is 16.6 Å². The van der Waals surface area contributed by atoms with Crippen LogP contribution in [0.4, 0.5) is 0 Å². The molecule has 0 aliphatic carbocycles. The maximum absolute atomic E-state index is 12.4. The van der Waals surface area contributed by atoms with Crippen molar-refractivity contribution in [1.29, 1.82) is 0 Å². The quantitative estimate of drug-likeness (QED) is 0.844. The highest BCUT2D eigenvalue weighted by Gasteiger charge is 2.20. The SMILES string of the molecule is COC[C@@H](C)N(C)C(=O)c1cnc(-c2ccccc2Cl)s1. The third-order valence-corrected chi connectivity index (χ3v) is 4.56. The van der Waals surface area contributed by atoms with E-state index in [-0.39, 0.29) is 11.9 Å². The second kappa shape index (κ2) is 7.02. The van der Waals surface area contributed by atoms with E-state index in [4.69, 9.17) is 16.3 Å². The number of hydrogen-bond donors (Lipinski definition) is 0. The van der Waals surface area contributed by atoms with Crippen LogP contribution in [-0.2, 0) is 4.74 Å². The third-order valence-electron chi connectivity index (χ3n) is 3.21. The molecule has 0 radical (unpaired) electrons. The first-order chi connectivity index (χ1) is 10.0. The molecule has 0 saturated carbocycles. The van der Waals surface area contributed by atoms with E-state index in [1.54, 1.807) is 25.3 Å². The minimum Gasteiger partial charge on any atom is -0.383 e. The van der Waals surface area contributed by atoms with Gasteiger partial charge in [-0.1, -0.05) is 29.8 Å². The van der Waals surface area contributed by atoms with Crippen molar-refractivity contribution in [1.82, 2.24) is 9.88 Å². The van der Waals surface area contributed by atoms with Crippen molar-refractivity contribution in [2.75, 3.05) is 20.8 Å². The van der Waals surface area contributed by atoms with Crippen molar-refractivity contribution in [2.45, 2.75) is 13.0 Å². The Morgan fingerprint density at radius 3 is 2.86 bits per heavy atom. The molecule has 4 nitrogen and oxygen atoms in total. The molecular formula is C15H17ClN2O2S. The van der Waals surface area contributed by atoms with Crippen molar-refractivity contribution in [3.8, 4) is 10.6 Å². The molecule has 0 fully saturated rings. The Labute approximate surface area is 133 Å². The van der Waals surface area contributed by atoms with E-state index in [0.29, 0.717) is 16.5 Å². The first kappa shape index (κ1) is 15.9. The smallest absolute Gasteiger partial charge is 0.265 e. The van der Waals surface area contributed by atoms with Crippen LogP contribution in [0, 0.1) is 0 Å². The van der Waals surface area contributed by atoms with Gasteiger partial charge in [-0.2, -0.15) is 0 Å². The predicted molar refractivity (Wildman–Crippen MR) is 86.0 cm³/mol. The average Bonchev–Trinajstić information content (AvgIpc) is 2.96. The molecule has 6 heteroatoms. The Kier molecular flexibility index (Phi) is 5.33. The number of thiazole rings is 1. The molecular weight excluding hydrogens is 308 g/mol. The van der Waals surface area contributed by atoms with Crippen molar-refractivity contribution in [2.24, 2.45) is 0 Å². The summed E-state index contributed by atoms with van der Waals surface area (Å²) in [6.07, 6.45) is 1.60. The van der Waals surface area contributed by atoms with Crippen LogP contribution in [-0.4, -0.2) is 42.6 Å². The minimum atomic E-state index is -0.0599. The fraction of sp³-hybridized carbons (Fsp3) is 0.333. The van der Waals surface area contributed by atoms with Gasteiger partial charge in [0.15, 0.2) is 0 Å². The zero-order chi connectivity index (χ0) is 15.4. The second-order valence-corrected chi connectivity index (χ2v) is 6.17. The third kappa shape index (κ3) is 3.61. The summed E-state index contributed by atoms with van der Waals surface area (Å²) in [5.74, 6) is -0.0599. The number of amides is 1. The Bertz CT molecular complexity index is 630. The Morgan fingerprint density at radius 2 is 2.19 bits per heavy atom. The van der Waals surface area contributed by atoms with Gasteiger partial charge in [0.25, 0.3) is 5.91 Å². The van der Waals surface area contributed by atoms with Crippen LogP contribution in [0.2, 0.25) is 5.02 Å². The van der Waals surface area contributed by atoms with Gasteiger partial charge in [-0.05, 0) is 13.0 Å². The first-order valence-electron chi connectivity index (χ1n) is 6.51. The molecule has 0 N–H and O–H groups in total. The van der Waals surface area contributed by atoms with Crippen molar-refractivity contribution < 1.29 is 9.53 Å². The highest BCUT2D eigenvalue weighted by atomic mass is 35.5. The van der Waals surface area contributed by atoms with E-state index < -0.39 is 0 Å². The first-order valence-corrected chi connectivity index (χ1v) is 7.71. The minimum absolute atomic E-state index is 0.00774. The molecule has 21 heavy (non-hydrogen) atoms.